The average Bonchev–Trinajstić information content (AvgIpc) is 2.79. The fourth-order valence-electron chi connectivity index (χ4n) is 3.58. The van der Waals surface area contributed by atoms with E-state index in [0.29, 0.717) is 23.8 Å². The van der Waals surface area contributed by atoms with E-state index >= 15 is 0 Å². The summed E-state index contributed by atoms with van der Waals surface area (Å²) in [6.07, 6.45) is 0. The minimum absolute atomic E-state index is 0. The van der Waals surface area contributed by atoms with Gasteiger partial charge in [-0.05, 0) is 42.0 Å². The van der Waals surface area contributed by atoms with E-state index in [2.05, 4.69) is 20.1 Å². The van der Waals surface area contributed by atoms with Crippen molar-refractivity contribution in [1.82, 2.24) is 10.2 Å². The Kier molecular flexibility index (Phi) is 9.47. The van der Waals surface area contributed by atoms with E-state index in [1.165, 1.54) is 12.1 Å². The van der Waals surface area contributed by atoms with Gasteiger partial charge in [-0.3, -0.25) is 4.99 Å². The largest absolute Gasteiger partial charge is 0.493 e. The zero-order valence-corrected chi connectivity index (χ0v) is 20.7. The molecular weight excluding hydrogens is 514 g/mol. The van der Waals surface area contributed by atoms with E-state index in [4.69, 9.17) is 14.2 Å². The molecule has 0 spiro atoms. The van der Waals surface area contributed by atoms with Crippen molar-refractivity contribution in [3.8, 4) is 17.2 Å². The molecule has 0 atom stereocenters. The second kappa shape index (κ2) is 11.8. The van der Waals surface area contributed by atoms with Gasteiger partial charge in [-0.25, -0.2) is 4.39 Å². The van der Waals surface area contributed by atoms with Gasteiger partial charge in [-0.2, -0.15) is 0 Å². The third kappa shape index (κ3) is 6.05. The minimum Gasteiger partial charge on any atom is -0.493 e. The molecule has 2 aromatic rings. The summed E-state index contributed by atoms with van der Waals surface area (Å²) in [5.74, 6) is 2.44. The minimum atomic E-state index is -0.214. The maximum Gasteiger partial charge on any atom is 0.203 e. The van der Waals surface area contributed by atoms with E-state index < -0.39 is 0 Å². The molecule has 0 bridgehead atoms. The second-order valence-electron chi connectivity index (χ2n) is 6.88. The van der Waals surface area contributed by atoms with Crippen molar-refractivity contribution in [2.24, 2.45) is 4.99 Å². The Hall–Kier alpha value is -2.43. The highest BCUT2D eigenvalue weighted by atomic mass is 127. The molecule has 9 heteroatoms. The third-order valence-corrected chi connectivity index (χ3v) is 5.16. The van der Waals surface area contributed by atoms with Crippen LogP contribution in [0.5, 0.6) is 17.2 Å². The van der Waals surface area contributed by atoms with Crippen molar-refractivity contribution >= 4 is 35.6 Å². The Morgan fingerprint density at radius 1 is 0.968 bits per heavy atom. The van der Waals surface area contributed by atoms with Crippen molar-refractivity contribution in [3.63, 3.8) is 0 Å². The lowest BCUT2D eigenvalue weighted by Gasteiger charge is -2.37. The van der Waals surface area contributed by atoms with Gasteiger partial charge < -0.3 is 29.3 Å². The summed E-state index contributed by atoms with van der Waals surface area (Å²) in [6, 6.07) is 10.5. The van der Waals surface area contributed by atoms with Crippen LogP contribution in [0.3, 0.4) is 0 Å². The van der Waals surface area contributed by atoms with E-state index in [0.717, 1.165) is 43.4 Å². The van der Waals surface area contributed by atoms with E-state index in [1.54, 1.807) is 28.4 Å². The molecule has 1 aliphatic rings. The SMILES string of the molecule is CN=C(NCc1cc(OC)c(OC)c(OC)c1)N1CCN(c2ccc(F)cc2)CC1.I. The Morgan fingerprint density at radius 2 is 1.55 bits per heavy atom. The molecule has 3 rings (SSSR count). The molecule has 0 amide bonds. The number of piperazine rings is 1. The molecule has 1 aliphatic heterocycles. The van der Waals surface area contributed by atoms with E-state index in [-0.39, 0.29) is 29.8 Å². The zero-order valence-electron chi connectivity index (χ0n) is 18.4. The Balaban J connectivity index is 0.00000341. The molecule has 0 aromatic heterocycles. The number of ether oxygens (including phenoxy) is 3. The van der Waals surface area contributed by atoms with Crippen molar-refractivity contribution in [2.75, 3.05) is 59.5 Å². The van der Waals surface area contributed by atoms with Crippen LogP contribution in [0, 0.1) is 5.82 Å². The number of anilines is 1. The topological polar surface area (TPSA) is 58.6 Å². The van der Waals surface area contributed by atoms with E-state index in [1.807, 2.05) is 24.3 Å². The Bertz CT molecular complexity index is 847. The third-order valence-electron chi connectivity index (χ3n) is 5.16. The standard InChI is InChI=1S/C22H29FN4O3.HI/c1-24-22(25-15-16-13-19(28-2)21(30-4)20(14-16)29-3)27-11-9-26(10-12-27)18-7-5-17(23)6-8-18;/h5-8,13-14H,9-12,15H2,1-4H3,(H,24,25);1H. The van der Waals surface area contributed by atoms with Crippen molar-refractivity contribution in [1.29, 1.82) is 0 Å². The van der Waals surface area contributed by atoms with Crippen LogP contribution >= 0.6 is 24.0 Å². The highest BCUT2D eigenvalue weighted by molar-refractivity contribution is 14.0. The predicted octanol–water partition coefficient (Wildman–Crippen LogP) is 3.37. The Labute approximate surface area is 200 Å². The fraction of sp³-hybridized carbons (Fsp3) is 0.409. The van der Waals surface area contributed by atoms with Crippen molar-refractivity contribution in [2.45, 2.75) is 6.54 Å². The first-order valence-corrected chi connectivity index (χ1v) is 9.84. The number of hydrogen-bond donors (Lipinski definition) is 1. The molecule has 1 saturated heterocycles. The summed E-state index contributed by atoms with van der Waals surface area (Å²) in [6.45, 7) is 3.91. The summed E-state index contributed by atoms with van der Waals surface area (Å²) in [5.41, 5.74) is 2.03. The van der Waals surface area contributed by atoms with Gasteiger partial charge in [-0.15, -0.1) is 24.0 Å². The number of hydrogen-bond acceptors (Lipinski definition) is 5. The maximum absolute atomic E-state index is 13.2. The lowest BCUT2D eigenvalue weighted by atomic mass is 10.1. The zero-order chi connectivity index (χ0) is 21.5. The summed E-state index contributed by atoms with van der Waals surface area (Å²) in [7, 11) is 6.58. The van der Waals surface area contributed by atoms with Gasteiger partial charge in [0.1, 0.15) is 5.82 Å². The molecule has 2 aromatic carbocycles. The van der Waals surface area contributed by atoms with Crippen molar-refractivity contribution < 1.29 is 18.6 Å². The number of guanidine groups is 1. The van der Waals surface area contributed by atoms with Gasteiger partial charge in [0, 0.05) is 45.5 Å². The normalized spacial score (nSPS) is 14.0. The molecule has 1 N–H and O–H groups in total. The fourth-order valence-corrected chi connectivity index (χ4v) is 3.58. The van der Waals surface area contributed by atoms with Gasteiger partial charge >= 0.3 is 0 Å². The van der Waals surface area contributed by atoms with Gasteiger partial charge in [-0.1, -0.05) is 0 Å². The first-order chi connectivity index (χ1) is 14.6. The van der Waals surface area contributed by atoms with Gasteiger partial charge in [0.25, 0.3) is 0 Å². The number of aliphatic imine (C=N–C) groups is 1. The van der Waals surface area contributed by atoms with Crippen LogP contribution in [0.4, 0.5) is 10.1 Å². The molecule has 31 heavy (non-hydrogen) atoms. The number of rotatable bonds is 6. The molecule has 0 aliphatic carbocycles. The highest BCUT2D eigenvalue weighted by Gasteiger charge is 2.20. The monoisotopic (exact) mass is 544 g/mol. The smallest absolute Gasteiger partial charge is 0.203 e. The molecule has 1 fully saturated rings. The van der Waals surface area contributed by atoms with Crippen LogP contribution in [0.2, 0.25) is 0 Å². The first kappa shape index (κ1) is 24.8. The average molecular weight is 544 g/mol. The highest BCUT2D eigenvalue weighted by Crippen LogP contribution is 2.38. The number of benzene rings is 2. The van der Waals surface area contributed by atoms with Crippen LogP contribution in [0.25, 0.3) is 0 Å². The Morgan fingerprint density at radius 3 is 2.03 bits per heavy atom. The van der Waals surface area contributed by atoms with Crippen LogP contribution in [0.15, 0.2) is 41.4 Å². The van der Waals surface area contributed by atoms with Crippen LogP contribution < -0.4 is 24.4 Å². The lowest BCUT2D eigenvalue weighted by Crippen LogP contribution is -2.52. The van der Waals surface area contributed by atoms with Crippen LogP contribution in [0.1, 0.15) is 5.56 Å². The molecule has 0 unspecified atom stereocenters. The molecule has 1 heterocycles. The van der Waals surface area contributed by atoms with Crippen molar-refractivity contribution in [3.05, 3.63) is 47.8 Å². The summed E-state index contributed by atoms with van der Waals surface area (Å²) < 4.78 is 29.4. The van der Waals surface area contributed by atoms with Gasteiger partial charge in [0.15, 0.2) is 17.5 Å². The maximum atomic E-state index is 13.2. The van der Waals surface area contributed by atoms with E-state index in [9.17, 15) is 4.39 Å². The number of nitrogens with one attached hydrogen (secondary N) is 1. The van der Waals surface area contributed by atoms with Crippen LogP contribution in [-0.4, -0.2) is 65.4 Å². The first-order valence-electron chi connectivity index (χ1n) is 9.84. The molecule has 0 radical (unpaired) electrons. The van der Waals surface area contributed by atoms with Crippen LogP contribution in [-0.2, 0) is 6.54 Å². The predicted molar refractivity (Wildman–Crippen MR) is 132 cm³/mol. The number of halogens is 2. The number of nitrogens with zero attached hydrogens (tertiary/aromatic N) is 3. The molecule has 0 saturated carbocycles. The summed E-state index contributed by atoms with van der Waals surface area (Å²) in [4.78, 5) is 8.90. The quantitative estimate of drug-likeness (QED) is 0.342. The summed E-state index contributed by atoms with van der Waals surface area (Å²) >= 11 is 0. The number of methoxy groups -OCH3 is 3. The molecular formula is C22H30FIN4O3. The van der Waals surface area contributed by atoms with Gasteiger partial charge in [0.05, 0.1) is 21.3 Å². The van der Waals surface area contributed by atoms with Gasteiger partial charge in [0.2, 0.25) is 5.75 Å². The molecule has 7 nitrogen and oxygen atoms in total. The summed E-state index contributed by atoms with van der Waals surface area (Å²) in [5, 5.41) is 3.41. The second-order valence-corrected chi connectivity index (χ2v) is 6.88. The molecule has 170 valence electrons. The lowest BCUT2D eigenvalue weighted by molar-refractivity contribution is 0.323.